The van der Waals surface area contributed by atoms with E-state index >= 15 is 0 Å². The number of rotatable bonds is 4. The number of ether oxygens (including phenoxy) is 1. The number of benzene rings is 1. The van der Waals surface area contributed by atoms with Crippen molar-refractivity contribution < 1.29 is 24.0 Å². The van der Waals surface area contributed by atoms with Crippen LogP contribution >= 0.6 is 11.3 Å². The molecule has 0 saturated heterocycles. The number of nitrogens with zero attached hydrogens (tertiary/aromatic N) is 2. The highest BCUT2D eigenvalue weighted by atomic mass is 32.1. The molecule has 0 spiro atoms. The van der Waals surface area contributed by atoms with Gasteiger partial charge in [-0.05, 0) is 12.1 Å². The van der Waals surface area contributed by atoms with Gasteiger partial charge in [0, 0.05) is 7.11 Å². The molecule has 0 unspecified atom stereocenters. The lowest BCUT2D eigenvalue weighted by atomic mass is 10.1. The number of hydrogen-bond donors (Lipinski definition) is 0. The molecule has 0 aliphatic carbocycles. The maximum absolute atomic E-state index is 12.1. The molecule has 1 aliphatic heterocycles. The Balaban J connectivity index is 1.77. The molecule has 0 radical (unpaired) electrons. The van der Waals surface area contributed by atoms with E-state index in [1.54, 1.807) is 12.1 Å². The molecular weight excluding hydrogens is 308 g/mol. The molecule has 0 atom stereocenters. The molecule has 0 saturated carbocycles. The van der Waals surface area contributed by atoms with Crippen molar-refractivity contribution in [2.75, 3.05) is 7.11 Å². The second kappa shape index (κ2) is 5.66. The van der Waals surface area contributed by atoms with Crippen molar-refractivity contribution in [3.05, 3.63) is 51.5 Å². The van der Waals surface area contributed by atoms with Crippen LogP contribution in [0.2, 0.25) is 0 Å². The predicted molar refractivity (Wildman–Crippen MR) is 75.2 cm³/mol. The minimum atomic E-state index is -0.811. The van der Waals surface area contributed by atoms with Crippen molar-refractivity contribution in [1.29, 1.82) is 0 Å². The fourth-order valence-corrected chi connectivity index (χ4v) is 2.73. The molecule has 1 aliphatic rings. The molecular formula is C14H10N2O5S. The van der Waals surface area contributed by atoms with Gasteiger partial charge in [0.15, 0.2) is 0 Å². The minimum Gasteiger partial charge on any atom is -0.378 e. The summed E-state index contributed by atoms with van der Waals surface area (Å²) in [5, 5.41) is 1.07. The number of hydroxylamine groups is 2. The third kappa shape index (κ3) is 2.38. The van der Waals surface area contributed by atoms with Crippen molar-refractivity contribution in [1.82, 2.24) is 10.0 Å². The third-order valence-corrected chi connectivity index (χ3v) is 3.90. The Hall–Kier alpha value is -2.58. The Morgan fingerprint density at radius 2 is 1.86 bits per heavy atom. The lowest BCUT2D eigenvalue weighted by Crippen LogP contribution is -2.32. The van der Waals surface area contributed by atoms with Crippen LogP contribution in [0.4, 0.5) is 0 Å². The van der Waals surface area contributed by atoms with Gasteiger partial charge in [-0.1, -0.05) is 17.2 Å². The number of fused-ring (bicyclic) bond motifs is 1. The van der Waals surface area contributed by atoms with Crippen LogP contribution < -0.4 is 0 Å². The number of methoxy groups -OCH3 is 1. The first-order chi connectivity index (χ1) is 10.6. The van der Waals surface area contributed by atoms with E-state index in [-0.39, 0.29) is 22.6 Å². The Morgan fingerprint density at radius 1 is 1.23 bits per heavy atom. The van der Waals surface area contributed by atoms with E-state index in [9.17, 15) is 14.4 Å². The topological polar surface area (TPSA) is 85.8 Å². The largest absolute Gasteiger partial charge is 0.378 e. The summed E-state index contributed by atoms with van der Waals surface area (Å²) in [6, 6.07) is 6.28. The van der Waals surface area contributed by atoms with Crippen molar-refractivity contribution in [2.45, 2.75) is 6.61 Å². The van der Waals surface area contributed by atoms with E-state index in [0.29, 0.717) is 10.1 Å². The first-order valence-corrected chi connectivity index (χ1v) is 7.07. The fourth-order valence-electron chi connectivity index (χ4n) is 1.97. The lowest BCUT2D eigenvalue weighted by Gasteiger charge is -2.11. The number of thiazole rings is 1. The van der Waals surface area contributed by atoms with E-state index in [1.165, 1.54) is 25.4 Å². The Bertz CT molecular complexity index is 735. The zero-order valence-corrected chi connectivity index (χ0v) is 12.3. The van der Waals surface area contributed by atoms with E-state index < -0.39 is 17.8 Å². The summed E-state index contributed by atoms with van der Waals surface area (Å²) >= 11 is 1.08. The maximum atomic E-state index is 12.1. The van der Waals surface area contributed by atoms with Crippen LogP contribution in [0.15, 0.2) is 30.5 Å². The van der Waals surface area contributed by atoms with Crippen LogP contribution in [0, 0.1) is 0 Å². The standard InChI is InChI=1S/C14H10N2O5S/c1-20-7-11-15-6-10(22-11)14(19)21-16-12(17)8-4-2-3-5-9(8)13(16)18/h2-6H,7H2,1H3. The smallest absolute Gasteiger partial charge is 0.375 e. The first-order valence-electron chi connectivity index (χ1n) is 6.25. The molecule has 1 aromatic carbocycles. The van der Waals surface area contributed by atoms with Crippen LogP contribution in [0.3, 0.4) is 0 Å². The SMILES string of the molecule is COCc1ncc(C(=O)ON2C(=O)c3ccccc3C2=O)s1. The summed E-state index contributed by atoms with van der Waals surface area (Å²) in [5.74, 6) is -2.12. The van der Waals surface area contributed by atoms with Gasteiger partial charge in [0.2, 0.25) is 0 Å². The maximum Gasteiger partial charge on any atom is 0.375 e. The highest BCUT2D eigenvalue weighted by Gasteiger charge is 2.39. The highest BCUT2D eigenvalue weighted by molar-refractivity contribution is 7.13. The number of carbonyl (C=O) groups excluding carboxylic acids is 3. The summed E-state index contributed by atoms with van der Waals surface area (Å²) < 4.78 is 4.91. The summed E-state index contributed by atoms with van der Waals surface area (Å²) in [6.07, 6.45) is 1.32. The average molecular weight is 318 g/mol. The zero-order chi connectivity index (χ0) is 15.7. The van der Waals surface area contributed by atoms with Crippen molar-refractivity contribution in [2.24, 2.45) is 0 Å². The molecule has 8 heteroatoms. The van der Waals surface area contributed by atoms with Crippen LogP contribution in [0.5, 0.6) is 0 Å². The van der Waals surface area contributed by atoms with E-state index in [1.807, 2.05) is 0 Å². The molecule has 0 bridgehead atoms. The Labute approximate surface area is 129 Å². The lowest BCUT2D eigenvalue weighted by molar-refractivity contribution is -0.0581. The summed E-state index contributed by atoms with van der Waals surface area (Å²) in [6.45, 7) is 0.269. The second-order valence-corrected chi connectivity index (χ2v) is 5.50. The number of amides is 2. The van der Waals surface area contributed by atoms with E-state index in [4.69, 9.17) is 9.57 Å². The van der Waals surface area contributed by atoms with Gasteiger partial charge in [0.25, 0.3) is 11.8 Å². The predicted octanol–water partition coefficient (Wildman–Crippen LogP) is 1.66. The van der Waals surface area contributed by atoms with Gasteiger partial charge in [-0.15, -0.1) is 11.3 Å². The summed E-state index contributed by atoms with van der Waals surface area (Å²) in [4.78, 5) is 45.3. The molecule has 2 aromatic rings. The number of imide groups is 1. The average Bonchev–Trinajstić information content (AvgIpc) is 3.08. The number of hydrogen-bond acceptors (Lipinski definition) is 7. The first kappa shape index (κ1) is 14.4. The number of carbonyl (C=O) groups is 3. The monoisotopic (exact) mass is 318 g/mol. The zero-order valence-electron chi connectivity index (χ0n) is 11.4. The van der Waals surface area contributed by atoms with Crippen LogP contribution in [0.25, 0.3) is 0 Å². The Morgan fingerprint density at radius 3 is 2.45 bits per heavy atom. The van der Waals surface area contributed by atoms with Gasteiger partial charge in [-0.25, -0.2) is 9.78 Å². The normalized spacial score (nSPS) is 13.4. The van der Waals surface area contributed by atoms with Gasteiger partial charge < -0.3 is 9.57 Å². The van der Waals surface area contributed by atoms with E-state index in [0.717, 1.165) is 11.3 Å². The summed E-state index contributed by atoms with van der Waals surface area (Å²) in [7, 11) is 1.51. The van der Waals surface area contributed by atoms with Gasteiger partial charge in [0.05, 0.1) is 23.9 Å². The highest BCUT2D eigenvalue weighted by Crippen LogP contribution is 2.24. The van der Waals surface area contributed by atoms with Gasteiger partial charge in [0.1, 0.15) is 9.88 Å². The quantitative estimate of drug-likeness (QED) is 0.797. The molecule has 112 valence electrons. The molecule has 0 N–H and O–H groups in total. The van der Waals surface area contributed by atoms with Crippen molar-refractivity contribution in [3.8, 4) is 0 Å². The second-order valence-electron chi connectivity index (χ2n) is 4.38. The Kier molecular flexibility index (Phi) is 3.70. The summed E-state index contributed by atoms with van der Waals surface area (Å²) in [5.41, 5.74) is 0.425. The van der Waals surface area contributed by atoms with E-state index in [2.05, 4.69) is 4.98 Å². The van der Waals surface area contributed by atoms with Crippen LogP contribution in [-0.2, 0) is 16.2 Å². The molecule has 7 nitrogen and oxygen atoms in total. The van der Waals surface area contributed by atoms with Gasteiger partial charge in [-0.3, -0.25) is 9.59 Å². The van der Waals surface area contributed by atoms with Crippen molar-refractivity contribution >= 4 is 29.1 Å². The molecule has 2 heterocycles. The molecule has 1 aromatic heterocycles. The van der Waals surface area contributed by atoms with Crippen molar-refractivity contribution in [3.63, 3.8) is 0 Å². The van der Waals surface area contributed by atoms with Crippen LogP contribution in [-0.4, -0.2) is 34.9 Å². The molecule has 2 amide bonds. The van der Waals surface area contributed by atoms with Gasteiger partial charge >= 0.3 is 5.97 Å². The molecule has 22 heavy (non-hydrogen) atoms. The fraction of sp³-hybridized carbons (Fsp3) is 0.143. The molecule has 3 rings (SSSR count). The third-order valence-electron chi connectivity index (χ3n) is 2.95. The van der Waals surface area contributed by atoms with Gasteiger partial charge in [-0.2, -0.15) is 0 Å². The van der Waals surface area contributed by atoms with Crippen LogP contribution in [0.1, 0.15) is 35.4 Å². The minimum absolute atomic E-state index is 0.184. The number of aromatic nitrogens is 1. The molecule has 0 fully saturated rings.